The molecule has 0 atom stereocenters. The quantitative estimate of drug-likeness (QED) is 0.852. The van der Waals surface area contributed by atoms with Gasteiger partial charge < -0.3 is 4.90 Å². The molecular weight excluding hydrogens is 246 g/mol. The Bertz CT molecular complexity index is 528. The van der Waals surface area contributed by atoms with Crippen molar-refractivity contribution in [3.05, 3.63) is 54.4 Å². The molecule has 0 unspecified atom stereocenters. The molecule has 0 amide bonds. The van der Waals surface area contributed by atoms with Crippen LogP contribution < -0.4 is 0 Å². The maximum absolute atomic E-state index is 4.61. The van der Waals surface area contributed by atoms with E-state index < -0.39 is 0 Å². The van der Waals surface area contributed by atoms with E-state index in [9.17, 15) is 0 Å². The summed E-state index contributed by atoms with van der Waals surface area (Å²) < 4.78 is 0. The molecule has 0 radical (unpaired) electrons. The molecule has 0 spiro atoms. The molecule has 1 aliphatic heterocycles. The van der Waals surface area contributed by atoms with Gasteiger partial charge in [-0.2, -0.15) is 0 Å². The zero-order valence-electron chi connectivity index (χ0n) is 12.0. The van der Waals surface area contributed by atoms with Crippen molar-refractivity contribution in [2.24, 2.45) is 0 Å². The Hall–Kier alpha value is -1.71. The third-order valence-electron chi connectivity index (χ3n) is 3.91. The number of rotatable bonds is 3. The number of hydrogen-bond donors (Lipinski definition) is 0. The molecule has 1 aromatic carbocycles. The summed E-state index contributed by atoms with van der Waals surface area (Å²) in [6.45, 7) is 5.55. The summed E-state index contributed by atoms with van der Waals surface area (Å²) in [5, 5.41) is 0. The first-order valence-electron chi connectivity index (χ1n) is 7.22. The zero-order valence-corrected chi connectivity index (χ0v) is 12.0. The predicted molar refractivity (Wildman–Crippen MR) is 82.4 cm³/mol. The van der Waals surface area contributed by atoms with E-state index in [4.69, 9.17) is 0 Å². The van der Waals surface area contributed by atoms with Crippen LogP contribution in [0.3, 0.4) is 0 Å². The minimum Gasteiger partial charge on any atom is -0.304 e. The van der Waals surface area contributed by atoms with Crippen LogP contribution in [0, 0.1) is 0 Å². The molecule has 1 aromatic heterocycles. The van der Waals surface area contributed by atoms with Crippen molar-refractivity contribution >= 4 is 0 Å². The van der Waals surface area contributed by atoms with Crippen molar-refractivity contribution in [1.29, 1.82) is 0 Å². The van der Waals surface area contributed by atoms with Crippen molar-refractivity contribution in [3.63, 3.8) is 0 Å². The first kappa shape index (κ1) is 13.3. The lowest BCUT2D eigenvalue weighted by atomic mass is 10.1. The number of aromatic nitrogens is 1. The Morgan fingerprint density at radius 1 is 0.900 bits per heavy atom. The van der Waals surface area contributed by atoms with Gasteiger partial charge in [0.15, 0.2) is 0 Å². The van der Waals surface area contributed by atoms with Gasteiger partial charge in [-0.25, -0.2) is 0 Å². The Morgan fingerprint density at radius 2 is 1.65 bits per heavy atom. The fraction of sp³-hybridized carbons (Fsp3) is 0.353. The highest BCUT2D eigenvalue weighted by Crippen LogP contribution is 2.18. The van der Waals surface area contributed by atoms with Gasteiger partial charge in [0.05, 0.1) is 5.69 Å². The molecule has 1 fully saturated rings. The minimum atomic E-state index is 0.961. The minimum absolute atomic E-state index is 0.961. The molecular formula is C17H21N3. The van der Waals surface area contributed by atoms with E-state index in [-0.39, 0.29) is 0 Å². The molecule has 104 valence electrons. The van der Waals surface area contributed by atoms with Crippen LogP contribution in [0.5, 0.6) is 0 Å². The molecule has 0 bridgehead atoms. The molecule has 2 heterocycles. The average molecular weight is 267 g/mol. The second-order valence-corrected chi connectivity index (χ2v) is 5.48. The largest absolute Gasteiger partial charge is 0.304 e. The van der Waals surface area contributed by atoms with E-state index in [2.05, 4.69) is 58.2 Å². The molecule has 2 aromatic rings. The summed E-state index contributed by atoms with van der Waals surface area (Å²) in [6, 6.07) is 14.7. The van der Waals surface area contributed by atoms with Crippen molar-refractivity contribution in [3.8, 4) is 11.1 Å². The molecule has 3 heteroatoms. The number of likely N-dealkylation sites (N-methyl/N-ethyl adjacent to an activating group) is 1. The molecule has 0 saturated carbocycles. The Balaban J connectivity index is 1.65. The van der Waals surface area contributed by atoms with Gasteiger partial charge >= 0.3 is 0 Å². The van der Waals surface area contributed by atoms with Gasteiger partial charge in [0.2, 0.25) is 0 Å². The average Bonchev–Trinajstić information content (AvgIpc) is 2.51. The number of benzene rings is 1. The van der Waals surface area contributed by atoms with Crippen molar-refractivity contribution < 1.29 is 0 Å². The topological polar surface area (TPSA) is 19.4 Å². The fourth-order valence-corrected chi connectivity index (χ4v) is 2.55. The van der Waals surface area contributed by atoms with Gasteiger partial charge in [0, 0.05) is 44.5 Å². The monoisotopic (exact) mass is 267 g/mol. The van der Waals surface area contributed by atoms with Crippen LogP contribution in [0.2, 0.25) is 0 Å². The zero-order chi connectivity index (χ0) is 13.8. The summed E-state index contributed by atoms with van der Waals surface area (Å²) >= 11 is 0. The van der Waals surface area contributed by atoms with E-state index in [0.29, 0.717) is 0 Å². The van der Waals surface area contributed by atoms with Crippen molar-refractivity contribution in [2.45, 2.75) is 6.54 Å². The third-order valence-corrected chi connectivity index (χ3v) is 3.91. The van der Waals surface area contributed by atoms with E-state index in [1.165, 1.54) is 11.1 Å². The van der Waals surface area contributed by atoms with Crippen LogP contribution in [0.15, 0.2) is 48.7 Å². The molecule has 3 rings (SSSR count). The van der Waals surface area contributed by atoms with E-state index in [1.807, 2.05) is 12.3 Å². The maximum atomic E-state index is 4.61. The summed E-state index contributed by atoms with van der Waals surface area (Å²) in [5.74, 6) is 0. The van der Waals surface area contributed by atoms with Gasteiger partial charge in [-0.3, -0.25) is 9.88 Å². The molecule has 1 aliphatic rings. The van der Waals surface area contributed by atoms with Gasteiger partial charge in [0.25, 0.3) is 0 Å². The maximum Gasteiger partial charge on any atom is 0.0544 e. The first-order chi connectivity index (χ1) is 9.81. The van der Waals surface area contributed by atoms with E-state index in [0.717, 1.165) is 38.4 Å². The van der Waals surface area contributed by atoms with Crippen LogP contribution in [0.25, 0.3) is 11.1 Å². The van der Waals surface area contributed by atoms with Gasteiger partial charge in [-0.1, -0.05) is 36.4 Å². The Morgan fingerprint density at radius 3 is 2.30 bits per heavy atom. The predicted octanol–water partition coefficient (Wildman–Crippen LogP) is 2.50. The lowest BCUT2D eigenvalue weighted by molar-refractivity contribution is 0.147. The number of piperazine rings is 1. The normalized spacial score (nSPS) is 17.2. The molecule has 0 N–H and O–H groups in total. The Labute approximate surface area is 120 Å². The first-order valence-corrected chi connectivity index (χ1v) is 7.22. The summed E-state index contributed by atoms with van der Waals surface area (Å²) in [7, 11) is 2.18. The van der Waals surface area contributed by atoms with E-state index in [1.54, 1.807) is 0 Å². The van der Waals surface area contributed by atoms with Gasteiger partial charge in [0.1, 0.15) is 0 Å². The molecule has 3 nitrogen and oxygen atoms in total. The lowest BCUT2D eigenvalue weighted by Gasteiger charge is -2.32. The SMILES string of the molecule is CN1CCN(Cc2ccc(-c3ccccc3)cn2)CC1. The van der Waals surface area contributed by atoms with Crippen LogP contribution >= 0.6 is 0 Å². The van der Waals surface area contributed by atoms with Gasteiger partial charge in [-0.05, 0) is 18.7 Å². The van der Waals surface area contributed by atoms with Crippen LogP contribution in [0.1, 0.15) is 5.69 Å². The number of hydrogen-bond acceptors (Lipinski definition) is 3. The van der Waals surface area contributed by atoms with Crippen LogP contribution in [0.4, 0.5) is 0 Å². The molecule has 1 saturated heterocycles. The van der Waals surface area contributed by atoms with Crippen LogP contribution in [-0.4, -0.2) is 48.0 Å². The highest BCUT2D eigenvalue weighted by Gasteiger charge is 2.14. The fourth-order valence-electron chi connectivity index (χ4n) is 2.55. The van der Waals surface area contributed by atoms with Crippen molar-refractivity contribution in [2.75, 3.05) is 33.2 Å². The summed E-state index contributed by atoms with van der Waals surface area (Å²) in [4.78, 5) is 9.47. The van der Waals surface area contributed by atoms with E-state index >= 15 is 0 Å². The molecule has 20 heavy (non-hydrogen) atoms. The van der Waals surface area contributed by atoms with Crippen LogP contribution in [-0.2, 0) is 6.54 Å². The second-order valence-electron chi connectivity index (χ2n) is 5.48. The van der Waals surface area contributed by atoms with Gasteiger partial charge in [-0.15, -0.1) is 0 Å². The Kier molecular flexibility index (Phi) is 4.09. The van der Waals surface area contributed by atoms with Crippen molar-refractivity contribution in [1.82, 2.24) is 14.8 Å². The third kappa shape index (κ3) is 3.24. The molecule has 0 aliphatic carbocycles. The highest BCUT2D eigenvalue weighted by molar-refractivity contribution is 5.62. The number of pyridine rings is 1. The summed E-state index contributed by atoms with van der Waals surface area (Å²) in [6.07, 6.45) is 1.99. The summed E-state index contributed by atoms with van der Waals surface area (Å²) in [5.41, 5.74) is 3.58. The smallest absolute Gasteiger partial charge is 0.0544 e. The standard InChI is InChI=1S/C17H21N3/c1-19-9-11-20(12-10-19)14-17-8-7-16(13-18-17)15-5-3-2-4-6-15/h2-8,13H,9-12,14H2,1H3. The second kappa shape index (κ2) is 6.16. The lowest BCUT2D eigenvalue weighted by Crippen LogP contribution is -2.43. The highest BCUT2D eigenvalue weighted by atomic mass is 15.2. The number of nitrogens with zero attached hydrogens (tertiary/aromatic N) is 3.